The van der Waals surface area contributed by atoms with Crippen molar-refractivity contribution in [3.63, 3.8) is 0 Å². The second kappa shape index (κ2) is 5.64. The molecule has 1 heterocycles. The number of nitrogens with zero attached hydrogens (tertiary/aromatic N) is 2. The summed E-state index contributed by atoms with van der Waals surface area (Å²) in [4.78, 5) is 16.9. The highest BCUT2D eigenvalue weighted by molar-refractivity contribution is 6.01. The quantitative estimate of drug-likeness (QED) is 0.638. The van der Waals surface area contributed by atoms with Crippen LogP contribution < -0.4 is 0 Å². The topological polar surface area (TPSA) is 34.9 Å². The standard InChI is InChI=1S/C18H14N2O/c1-2-17-19-15-10-6-7-11-16(15)20(17)18(21)13-12-14-8-4-3-5-9-14/h3-11H,2H2,1H3. The number of aryl methyl sites for hydroxylation is 1. The lowest BCUT2D eigenvalue weighted by molar-refractivity contribution is 0.0981. The zero-order valence-electron chi connectivity index (χ0n) is 11.7. The van der Waals surface area contributed by atoms with Gasteiger partial charge in [0.2, 0.25) is 0 Å². The number of imidazole rings is 1. The number of rotatable bonds is 1. The molecule has 0 aliphatic carbocycles. The van der Waals surface area contributed by atoms with Gasteiger partial charge in [-0.25, -0.2) is 4.98 Å². The van der Waals surface area contributed by atoms with Crippen molar-refractivity contribution in [1.82, 2.24) is 9.55 Å². The van der Waals surface area contributed by atoms with Crippen molar-refractivity contribution >= 4 is 16.9 Å². The summed E-state index contributed by atoms with van der Waals surface area (Å²) in [7, 11) is 0. The van der Waals surface area contributed by atoms with E-state index in [9.17, 15) is 4.79 Å². The fraction of sp³-hybridized carbons (Fsp3) is 0.111. The third-order valence-corrected chi connectivity index (χ3v) is 3.24. The van der Waals surface area contributed by atoms with Crippen LogP contribution in [0.5, 0.6) is 0 Å². The summed E-state index contributed by atoms with van der Waals surface area (Å²) >= 11 is 0. The predicted octanol–water partition coefficient (Wildman–Crippen LogP) is 3.29. The molecule has 0 aliphatic heterocycles. The van der Waals surface area contributed by atoms with Crippen molar-refractivity contribution in [3.8, 4) is 11.8 Å². The lowest BCUT2D eigenvalue weighted by Gasteiger charge is -2.00. The van der Waals surface area contributed by atoms with Gasteiger partial charge in [-0.3, -0.25) is 9.36 Å². The lowest BCUT2D eigenvalue weighted by atomic mass is 10.2. The van der Waals surface area contributed by atoms with E-state index in [4.69, 9.17) is 0 Å². The number of fused-ring (bicyclic) bond motifs is 1. The minimum Gasteiger partial charge on any atom is -0.258 e. The highest BCUT2D eigenvalue weighted by Crippen LogP contribution is 2.16. The van der Waals surface area contributed by atoms with Gasteiger partial charge >= 0.3 is 5.91 Å². The maximum absolute atomic E-state index is 12.4. The molecule has 0 fully saturated rings. The molecule has 0 unspecified atom stereocenters. The SMILES string of the molecule is CCc1nc2ccccc2n1C(=O)C#Cc1ccccc1. The van der Waals surface area contributed by atoms with Crippen LogP contribution in [0.15, 0.2) is 54.6 Å². The molecule has 1 aromatic heterocycles. The van der Waals surface area contributed by atoms with Crippen LogP contribution in [0.4, 0.5) is 0 Å². The number of benzene rings is 2. The van der Waals surface area contributed by atoms with Gasteiger partial charge in [0, 0.05) is 17.9 Å². The Morgan fingerprint density at radius 1 is 1.10 bits per heavy atom. The van der Waals surface area contributed by atoms with Gasteiger partial charge in [0.1, 0.15) is 5.82 Å². The Morgan fingerprint density at radius 3 is 2.57 bits per heavy atom. The minimum absolute atomic E-state index is 0.246. The molecule has 0 N–H and O–H groups in total. The van der Waals surface area contributed by atoms with Crippen LogP contribution in [0.25, 0.3) is 11.0 Å². The van der Waals surface area contributed by atoms with Crippen LogP contribution >= 0.6 is 0 Å². The van der Waals surface area contributed by atoms with Crippen molar-refractivity contribution in [2.75, 3.05) is 0 Å². The van der Waals surface area contributed by atoms with Crippen molar-refractivity contribution in [1.29, 1.82) is 0 Å². The molecule has 0 saturated carbocycles. The summed E-state index contributed by atoms with van der Waals surface area (Å²) < 4.78 is 1.60. The highest BCUT2D eigenvalue weighted by atomic mass is 16.1. The summed E-state index contributed by atoms with van der Waals surface area (Å²) in [6, 6.07) is 17.1. The zero-order chi connectivity index (χ0) is 14.7. The molecule has 3 aromatic rings. The first-order valence-corrected chi connectivity index (χ1v) is 6.87. The monoisotopic (exact) mass is 274 g/mol. The summed E-state index contributed by atoms with van der Waals surface area (Å²) in [5.41, 5.74) is 2.46. The van der Waals surface area contributed by atoms with Crippen LogP contribution in [0.3, 0.4) is 0 Å². The molecule has 3 nitrogen and oxygen atoms in total. The lowest BCUT2D eigenvalue weighted by Crippen LogP contribution is -2.11. The number of carbonyl (C=O) groups excluding carboxylic acids is 1. The average Bonchev–Trinajstić information content (AvgIpc) is 2.92. The second-order valence-electron chi connectivity index (χ2n) is 4.63. The van der Waals surface area contributed by atoms with Crippen LogP contribution in [0.1, 0.15) is 23.1 Å². The van der Waals surface area contributed by atoms with Crippen molar-refractivity contribution < 1.29 is 4.79 Å². The Balaban J connectivity index is 2.04. The normalized spacial score (nSPS) is 10.1. The van der Waals surface area contributed by atoms with Gasteiger partial charge in [0.25, 0.3) is 0 Å². The molecule has 3 rings (SSSR count). The number of hydrogen-bond donors (Lipinski definition) is 0. The van der Waals surface area contributed by atoms with Gasteiger partial charge in [0.05, 0.1) is 11.0 Å². The first-order chi connectivity index (χ1) is 10.3. The third kappa shape index (κ3) is 2.56. The molecule has 0 saturated heterocycles. The van der Waals surface area contributed by atoms with Crippen LogP contribution in [0, 0.1) is 11.8 Å². The third-order valence-electron chi connectivity index (χ3n) is 3.24. The van der Waals surface area contributed by atoms with E-state index in [0.717, 1.165) is 22.4 Å². The van der Waals surface area contributed by atoms with Gasteiger partial charge < -0.3 is 0 Å². The Bertz CT molecular complexity index is 851. The molecule has 0 bridgehead atoms. The van der Waals surface area contributed by atoms with E-state index in [-0.39, 0.29) is 5.91 Å². The van der Waals surface area contributed by atoms with Gasteiger partial charge in [-0.1, -0.05) is 43.2 Å². The largest absolute Gasteiger partial charge is 0.308 e. The van der Waals surface area contributed by atoms with Gasteiger partial charge in [-0.2, -0.15) is 0 Å². The number of aromatic nitrogens is 2. The van der Waals surface area contributed by atoms with Crippen LogP contribution in [-0.2, 0) is 6.42 Å². The zero-order valence-corrected chi connectivity index (χ0v) is 11.7. The Labute approximate surface area is 123 Å². The van der Waals surface area contributed by atoms with E-state index in [1.54, 1.807) is 4.57 Å². The molecule has 0 radical (unpaired) electrons. The fourth-order valence-corrected chi connectivity index (χ4v) is 2.24. The smallest absolute Gasteiger partial charge is 0.258 e. The van der Waals surface area contributed by atoms with E-state index < -0.39 is 0 Å². The van der Waals surface area contributed by atoms with E-state index >= 15 is 0 Å². The number of para-hydroxylation sites is 2. The van der Waals surface area contributed by atoms with E-state index in [1.807, 2.05) is 61.5 Å². The predicted molar refractivity (Wildman–Crippen MR) is 83.1 cm³/mol. The maximum Gasteiger partial charge on any atom is 0.308 e. The number of carbonyl (C=O) groups is 1. The molecule has 0 spiro atoms. The second-order valence-corrected chi connectivity index (χ2v) is 4.63. The maximum atomic E-state index is 12.4. The van der Waals surface area contributed by atoms with Crippen molar-refractivity contribution in [2.45, 2.75) is 13.3 Å². The van der Waals surface area contributed by atoms with E-state index in [0.29, 0.717) is 6.42 Å². The van der Waals surface area contributed by atoms with Crippen molar-refractivity contribution in [3.05, 3.63) is 66.0 Å². The summed E-state index contributed by atoms with van der Waals surface area (Å²) in [6.07, 6.45) is 0.688. The summed E-state index contributed by atoms with van der Waals surface area (Å²) in [6.45, 7) is 1.98. The Hall–Kier alpha value is -2.86. The van der Waals surface area contributed by atoms with Crippen molar-refractivity contribution in [2.24, 2.45) is 0 Å². The van der Waals surface area contributed by atoms with Crippen LogP contribution in [-0.4, -0.2) is 15.5 Å². The molecule has 3 heteroatoms. The molecule has 0 aliphatic rings. The first-order valence-electron chi connectivity index (χ1n) is 6.87. The van der Waals surface area contributed by atoms with Gasteiger partial charge in [-0.15, -0.1) is 0 Å². The molecule has 2 aromatic carbocycles. The van der Waals surface area contributed by atoms with E-state index in [2.05, 4.69) is 16.8 Å². The molecule has 0 amide bonds. The van der Waals surface area contributed by atoms with Gasteiger partial charge in [0.15, 0.2) is 0 Å². The Morgan fingerprint density at radius 2 is 1.81 bits per heavy atom. The fourth-order valence-electron chi connectivity index (χ4n) is 2.24. The molecule has 21 heavy (non-hydrogen) atoms. The number of hydrogen-bond acceptors (Lipinski definition) is 2. The van der Waals surface area contributed by atoms with E-state index in [1.165, 1.54) is 0 Å². The minimum atomic E-state index is -0.246. The average molecular weight is 274 g/mol. The van der Waals surface area contributed by atoms with Gasteiger partial charge in [-0.05, 0) is 24.3 Å². The first kappa shape index (κ1) is 13.1. The molecular formula is C18H14N2O. The van der Waals surface area contributed by atoms with Crippen LogP contribution in [0.2, 0.25) is 0 Å². The molecule has 0 atom stereocenters. The molecular weight excluding hydrogens is 260 g/mol. The highest BCUT2D eigenvalue weighted by Gasteiger charge is 2.13. The summed E-state index contributed by atoms with van der Waals surface area (Å²) in [5.74, 6) is 6.10. The summed E-state index contributed by atoms with van der Waals surface area (Å²) in [5, 5.41) is 0. The molecule has 102 valence electrons. The Kier molecular flexibility index (Phi) is 3.53.